The standard InChI is InChI=1S/C23H20ClN3O3/c24-19-9-3-1-6-15(19)14-27-20-10-4-2-8-17(20)21(23(27)29)18(12-25)22(28)26-13-16-7-5-11-30-16/h1-4,6,8-10,16H,5,7,11,13-14H2,(H,26,28)/b21-18-/t16-/m1/s1. The number of anilines is 1. The van der Waals surface area contributed by atoms with Crippen molar-refractivity contribution in [2.45, 2.75) is 25.5 Å². The zero-order valence-corrected chi connectivity index (χ0v) is 17.0. The molecule has 2 aromatic rings. The van der Waals surface area contributed by atoms with Crippen LogP contribution in [0.1, 0.15) is 24.0 Å². The van der Waals surface area contributed by atoms with Crippen LogP contribution in [0.4, 0.5) is 5.69 Å². The second-order valence-corrected chi connectivity index (χ2v) is 7.61. The minimum atomic E-state index is -0.564. The molecule has 1 saturated heterocycles. The maximum absolute atomic E-state index is 13.3. The Bertz CT molecular complexity index is 1070. The molecular formula is C23H20ClN3O3. The van der Waals surface area contributed by atoms with Crippen LogP contribution in [0.5, 0.6) is 0 Å². The van der Waals surface area contributed by atoms with Gasteiger partial charge >= 0.3 is 0 Å². The van der Waals surface area contributed by atoms with Crippen LogP contribution >= 0.6 is 11.6 Å². The number of benzene rings is 2. The molecule has 2 aliphatic rings. The molecule has 2 heterocycles. The second kappa shape index (κ2) is 8.70. The van der Waals surface area contributed by atoms with E-state index < -0.39 is 5.91 Å². The van der Waals surface area contributed by atoms with Crippen LogP contribution in [0.3, 0.4) is 0 Å². The van der Waals surface area contributed by atoms with Crippen LogP contribution in [-0.4, -0.2) is 31.1 Å². The van der Waals surface area contributed by atoms with Gasteiger partial charge in [0, 0.05) is 23.7 Å². The Kier molecular flexibility index (Phi) is 5.84. The van der Waals surface area contributed by atoms with Gasteiger partial charge in [-0.25, -0.2) is 0 Å². The van der Waals surface area contributed by atoms with Crippen molar-refractivity contribution in [3.63, 3.8) is 0 Å². The third kappa shape index (κ3) is 3.82. The summed E-state index contributed by atoms with van der Waals surface area (Å²) in [5.41, 5.74) is 1.93. The molecule has 7 heteroatoms. The number of para-hydroxylation sites is 1. The summed E-state index contributed by atoms with van der Waals surface area (Å²) in [5.74, 6) is -0.953. The van der Waals surface area contributed by atoms with Gasteiger partial charge in [-0.2, -0.15) is 5.26 Å². The van der Waals surface area contributed by atoms with Crippen molar-refractivity contribution in [1.82, 2.24) is 5.32 Å². The van der Waals surface area contributed by atoms with Crippen LogP contribution in [0.25, 0.3) is 5.57 Å². The first-order chi connectivity index (χ1) is 14.6. The highest BCUT2D eigenvalue weighted by Gasteiger charge is 2.36. The molecule has 0 radical (unpaired) electrons. The summed E-state index contributed by atoms with van der Waals surface area (Å²) in [6, 6.07) is 16.4. The fraction of sp³-hybridized carbons (Fsp3) is 0.261. The van der Waals surface area contributed by atoms with E-state index >= 15 is 0 Å². The summed E-state index contributed by atoms with van der Waals surface area (Å²) >= 11 is 6.28. The average molecular weight is 422 g/mol. The van der Waals surface area contributed by atoms with Gasteiger partial charge in [0.25, 0.3) is 11.8 Å². The lowest BCUT2D eigenvalue weighted by Gasteiger charge is -2.18. The summed E-state index contributed by atoms with van der Waals surface area (Å²) in [7, 11) is 0. The van der Waals surface area contributed by atoms with E-state index in [1.165, 1.54) is 0 Å². The molecule has 152 valence electrons. The first kappa shape index (κ1) is 20.1. The second-order valence-electron chi connectivity index (χ2n) is 7.21. The van der Waals surface area contributed by atoms with Crippen molar-refractivity contribution in [2.24, 2.45) is 0 Å². The van der Waals surface area contributed by atoms with Gasteiger partial charge in [0.2, 0.25) is 0 Å². The Morgan fingerprint density at radius 3 is 2.73 bits per heavy atom. The SMILES string of the molecule is N#C/C(C(=O)NC[C@H]1CCCO1)=C1/C(=O)N(Cc2ccccc2Cl)c2ccccc21. The van der Waals surface area contributed by atoms with Crippen LogP contribution in [-0.2, 0) is 20.9 Å². The number of nitriles is 1. The van der Waals surface area contributed by atoms with E-state index in [-0.39, 0.29) is 29.7 Å². The summed E-state index contributed by atoms with van der Waals surface area (Å²) in [6.07, 6.45) is 1.77. The summed E-state index contributed by atoms with van der Waals surface area (Å²) in [6.45, 7) is 1.24. The van der Waals surface area contributed by atoms with Gasteiger partial charge in [-0.15, -0.1) is 0 Å². The number of carbonyl (C=O) groups is 2. The van der Waals surface area contributed by atoms with Gasteiger partial charge in [0.1, 0.15) is 11.6 Å². The van der Waals surface area contributed by atoms with E-state index in [0.29, 0.717) is 29.4 Å². The lowest BCUT2D eigenvalue weighted by atomic mass is 10.0. The monoisotopic (exact) mass is 421 g/mol. The number of halogens is 1. The van der Waals surface area contributed by atoms with Crippen LogP contribution in [0, 0.1) is 11.3 Å². The number of amides is 2. The highest BCUT2D eigenvalue weighted by molar-refractivity contribution is 6.37. The minimum Gasteiger partial charge on any atom is -0.376 e. The van der Waals surface area contributed by atoms with E-state index in [1.54, 1.807) is 29.2 Å². The van der Waals surface area contributed by atoms with Crippen LogP contribution in [0.15, 0.2) is 54.1 Å². The highest BCUT2D eigenvalue weighted by atomic mass is 35.5. The van der Waals surface area contributed by atoms with Gasteiger partial charge in [-0.1, -0.05) is 48.0 Å². The molecule has 0 unspecified atom stereocenters. The lowest BCUT2D eigenvalue weighted by molar-refractivity contribution is -0.118. The van der Waals surface area contributed by atoms with Gasteiger partial charge < -0.3 is 15.0 Å². The Morgan fingerprint density at radius 1 is 1.23 bits per heavy atom. The largest absolute Gasteiger partial charge is 0.376 e. The number of nitrogens with zero attached hydrogens (tertiary/aromatic N) is 2. The maximum atomic E-state index is 13.3. The number of hydrogen-bond donors (Lipinski definition) is 1. The van der Waals surface area contributed by atoms with E-state index in [0.717, 1.165) is 18.4 Å². The molecule has 2 amide bonds. The van der Waals surface area contributed by atoms with Gasteiger partial charge in [0.15, 0.2) is 0 Å². The predicted molar refractivity (Wildman–Crippen MR) is 114 cm³/mol. The van der Waals surface area contributed by atoms with Crippen molar-refractivity contribution >= 4 is 34.7 Å². The summed E-state index contributed by atoms with van der Waals surface area (Å²) < 4.78 is 5.51. The number of fused-ring (bicyclic) bond motifs is 1. The van der Waals surface area contributed by atoms with Gasteiger partial charge in [-0.3, -0.25) is 9.59 Å². The third-order valence-electron chi connectivity index (χ3n) is 5.31. The minimum absolute atomic E-state index is 0.0535. The highest BCUT2D eigenvalue weighted by Crippen LogP contribution is 2.39. The smallest absolute Gasteiger partial charge is 0.262 e. The quantitative estimate of drug-likeness (QED) is 0.592. The van der Waals surface area contributed by atoms with Crippen molar-refractivity contribution in [3.05, 3.63) is 70.3 Å². The van der Waals surface area contributed by atoms with E-state index in [9.17, 15) is 14.9 Å². The average Bonchev–Trinajstić information content (AvgIpc) is 3.37. The maximum Gasteiger partial charge on any atom is 0.262 e. The fourth-order valence-corrected chi connectivity index (χ4v) is 3.99. The van der Waals surface area contributed by atoms with Gasteiger partial charge in [0.05, 0.1) is 23.9 Å². The Balaban J connectivity index is 1.66. The first-order valence-corrected chi connectivity index (χ1v) is 10.2. The van der Waals surface area contributed by atoms with E-state index in [2.05, 4.69) is 5.32 Å². The van der Waals surface area contributed by atoms with Crippen LogP contribution < -0.4 is 10.2 Å². The number of rotatable bonds is 5. The molecule has 4 rings (SSSR count). The third-order valence-corrected chi connectivity index (χ3v) is 5.68. The molecule has 0 aliphatic carbocycles. The molecule has 0 aromatic heterocycles. The Morgan fingerprint density at radius 2 is 2.00 bits per heavy atom. The van der Waals surface area contributed by atoms with Crippen molar-refractivity contribution in [1.29, 1.82) is 5.26 Å². The Labute approximate surface area is 179 Å². The van der Waals surface area contributed by atoms with Crippen molar-refractivity contribution in [3.8, 4) is 6.07 Å². The number of carbonyl (C=O) groups excluding carboxylic acids is 2. The molecule has 0 spiro atoms. The molecule has 1 fully saturated rings. The molecule has 2 aliphatic heterocycles. The number of ether oxygens (including phenoxy) is 1. The molecule has 0 bridgehead atoms. The predicted octanol–water partition coefficient (Wildman–Crippen LogP) is 3.46. The summed E-state index contributed by atoms with van der Waals surface area (Å²) in [4.78, 5) is 27.6. The number of hydrogen-bond acceptors (Lipinski definition) is 4. The topological polar surface area (TPSA) is 82.4 Å². The van der Waals surface area contributed by atoms with E-state index in [1.807, 2.05) is 30.3 Å². The lowest BCUT2D eigenvalue weighted by Crippen LogP contribution is -2.33. The summed E-state index contributed by atoms with van der Waals surface area (Å²) in [5, 5.41) is 13.0. The van der Waals surface area contributed by atoms with Crippen LogP contribution in [0.2, 0.25) is 5.02 Å². The molecule has 0 saturated carbocycles. The molecule has 2 aromatic carbocycles. The van der Waals surface area contributed by atoms with Crippen molar-refractivity contribution < 1.29 is 14.3 Å². The van der Waals surface area contributed by atoms with Crippen molar-refractivity contribution in [2.75, 3.05) is 18.1 Å². The molecule has 30 heavy (non-hydrogen) atoms. The first-order valence-electron chi connectivity index (χ1n) is 9.79. The molecule has 6 nitrogen and oxygen atoms in total. The Hall–Kier alpha value is -3.14. The van der Waals surface area contributed by atoms with E-state index in [4.69, 9.17) is 16.3 Å². The molecule has 1 atom stereocenters. The number of nitrogens with one attached hydrogen (secondary N) is 1. The molecular weight excluding hydrogens is 402 g/mol. The zero-order chi connectivity index (χ0) is 21.1. The zero-order valence-electron chi connectivity index (χ0n) is 16.2. The fourth-order valence-electron chi connectivity index (χ4n) is 3.80. The molecule has 1 N–H and O–H groups in total. The normalized spacial score (nSPS) is 19.4. The van der Waals surface area contributed by atoms with Gasteiger partial charge in [-0.05, 0) is 30.5 Å².